The lowest BCUT2D eigenvalue weighted by Crippen LogP contribution is -2.55. The first kappa shape index (κ1) is 30.5. The molecular formula is C29H37F2N9O2. The van der Waals surface area contributed by atoms with Crippen LogP contribution in [0.4, 0.5) is 25.8 Å². The van der Waals surface area contributed by atoms with E-state index in [1.54, 1.807) is 12.3 Å². The van der Waals surface area contributed by atoms with Gasteiger partial charge in [0.15, 0.2) is 5.75 Å². The van der Waals surface area contributed by atoms with E-state index in [1.807, 2.05) is 35.7 Å². The second-order valence-corrected chi connectivity index (χ2v) is 10.2. The van der Waals surface area contributed by atoms with Gasteiger partial charge in [-0.25, -0.2) is 5.84 Å². The van der Waals surface area contributed by atoms with Gasteiger partial charge in [-0.3, -0.25) is 14.4 Å². The van der Waals surface area contributed by atoms with Crippen LogP contribution in [0.25, 0.3) is 10.9 Å². The molecule has 224 valence electrons. The molecule has 1 amide bonds. The minimum atomic E-state index is -3.11. The molecular weight excluding hydrogens is 544 g/mol. The van der Waals surface area contributed by atoms with Crippen LogP contribution >= 0.6 is 0 Å². The van der Waals surface area contributed by atoms with E-state index < -0.39 is 12.5 Å². The van der Waals surface area contributed by atoms with Gasteiger partial charge in [0.25, 0.3) is 0 Å². The maximum Gasteiger partial charge on any atom is 0.387 e. The summed E-state index contributed by atoms with van der Waals surface area (Å²) in [6.45, 7) is 8.48. The average Bonchev–Trinajstić information content (AvgIpc) is 3.38. The molecule has 1 aliphatic heterocycles. The summed E-state index contributed by atoms with van der Waals surface area (Å²) in [5.41, 5.74) is 5.13. The largest absolute Gasteiger partial charge is 0.433 e. The van der Waals surface area contributed by atoms with Crippen molar-refractivity contribution in [2.45, 2.75) is 46.0 Å². The molecule has 11 nitrogen and oxygen atoms in total. The van der Waals surface area contributed by atoms with Crippen LogP contribution in [-0.2, 0) is 11.3 Å². The van der Waals surface area contributed by atoms with E-state index in [1.165, 1.54) is 18.2 Å². The molecule has 6 N–H and O–H groups in total. The molecule has 2 heterocycles. The number of anilines is 3. The fraction of sp³-hybridized carbons (Fsp3) is 0.345. The van der Waals surface area contributed by atoms with Crippen molar-refractivity contribution in [1.29, 1.82) is 5.41 Å². The lowest BCUT2D eigenvalue weighted by atomic mass is 10.1. The highest BCUT2D eigenvalue weighted by molar-refractivity contribution is 6.09. The third kappa shape index (κ3) is 6.69. The number of nitrogens with two attached hydrogens (primary N) is 1. The summed E-state index contributed by atoms with van der Waals surface area (Å²) in [5.74, 6) is 5.29. The van der Waals surface area contributed by atoms with Crippen molar-refractivity contribution in [3.8, 4) is 5.75 Å². The fourth-order valence-corrected chi connectivity index (χ4v) is 5.00. The number of benzene rings is 2. The van der Waals surface area contributed by atoms with Crippen LogP contribution in [0.2, 0.25) is 0 Å². The van der Waals surface area contributed by atoms with Crippen molar-refractivity contribution in [3.63, 3.8) is 0 Å². The summed E-state index contributed by atoms with van der Waals surface area (Å²) in [5, 5.41) is 19.6. The number of aryl methyl sites for hydroxylation is 1. The number of aromatic nitrogens is 2. The molecule has 2 aromatic carbocycles. The number of halogens is 2. The number of hydrogen-bond acceptors (Lipinski definition) is 9. The van der Waals surface area contributed by atoms with Gasteiger partial charge in [0.05, 0.1) is 34.5 Å². The highest BCUT2D eigenvalue weighted by Crippen LogP contribution is 2.39. The van der Waals surface area contributed by atoms with Gasteiger partial charge in [0.1, 0.15) is 5.82 Å². The minimum absolute atomic E-state index is 0.102. The molecule has 2 atom stereocenters. The number of piperazine rings is 1. The molecule has 42 heavy (non-hydrogen) atoms. The van der Waals surface area contributed by atoms with Crippen LogP contribution in [0, 0.1) is 5.41 Å². The molecule has 1 fully saturated rings. The Morgan fingerprint density at radius 3 is 2.55 bits per heavy atom. The monoisotopic (exact) mass is 581 g/mol. The molecule has 0 spiro atoms. The van der Waals surface area contributed by atoms with Crippen LogP contribution in [0.15, 0.2) is 61.1 Å². The molecule has 4 rings (SSSR count). The maximum absolute atomic E-state index is 13.6. The van der Waals surface area contributed by atoms with Crippen LogP contribution in [0.3, 0.4) is 0 Å². The van der Waals surface area contributed by atoms with Crippen LogP contribution in [-0.4, -0.2) is 65.1 Å². The average molecular weight is 582 g/mol. The highest BCUT2D eigenvalue weighted by atomic mass is 19.3. The third-order valence-corrected chi connectivity index (χ3v) is 7.42. The number of alkyl halides is 2. The summed E-state index contributed by atoms with van der Waals surface area (Å²) >= 11 is 0. The van der Waals surface area contributed by atoms with E-state index in [-0.39, 0.29) is 35.1 Å². The number of ether oxygens (including phenoxy) is 1. The van der Waals surface area contributed by atoms with Gasteiger partial charge in [-0.05, 0) is 52.1 Å². The van der Waals surface area contributed by atoms with Gasteiger partial charge in [-0.2, -0.15) is 13.9 Å². The Balaban J connectivity index is 1.71. The van der Waals surface area contributed by atoms with E-state index in [9.17, 15) is 13.6 Å². The van der Waals surface area contributed by atoms with Crippen LogP contribution in [0.1, 0.15) is 26.3 Å². The third-order valence-electron chi connectivity index (χ3n) is 7.42. The molecule has 0 radical (unpaired) electrons. The Kier molecular flexibility index (Phi) is 9.43. The first-order valence-corrected chi connectivity index (χ1v) is 13.6. The molecule has 0 aliphatic carbocycles. The van der Waals surface area contributed by atoms with Gasteiger partial charge in [0.2, 0.25) is 5.91 Å². The Bertz CT molecular complexity index is 1490. The van der Waals surface area contributed by atoms with Crippen molar-refractivity contribution in [2.24, 2.45) is 5.84 Å². The number of likely N-dealkylation sites (N-methyl/N-ethyl adjacent to an activating group) is 1. The van der Waals surface area contributed by atoms with Crippen molar-refractivity contribution in [3.05, 3.63) is 66.6 Å². The van der Waals surface area contributed by atoms with E-state index >= 15 is 0 Å². The molecule has 1 aromatic heterocycles. The van der Waals surface area contributed by atoms with Gasteiger partial charge in [0, 0.05) is 54.8 Å². The molecule has 0 unspecified atom stereocenters. The second kappa shape index (κ2) is 13.0. The number of allylic oxidation sites excluding steroid dienone is 1. The van der Waals surface area contributed by atoms with E-state index in [2.05, 4.69) is 46.5 Å². The van der Waals surface area contributed by atoms with E-state index in [4.69, 9.17) is 16.0 Å². The second-order valence-electron chi connectivity index (χ2n) is 10.2. The number of amides is 1. The predicted molar refractivity (Wildman–Crippen MR) is 162 cm³/mol. The quantitative estimate of drug-likeness (QED) is 0.0989. The summed E-state index contributed by atoms with van der Waals surface area (Å²) < 4.78 is 33.9. The Morgan fingerprint density at radius 2 is 1.93 bits per heavy atom. The van der Waals surface area contributed by atoms with Gasteiger partial charge in [-0.1, -0.05) is 12.6 Å². The van der Waals surface area contributed by atoms with Crippen molar-refractivity contribution >= 4 is 39.6 Å². The molecule has 3 aromatic rings. The van der Waals surface area contributed by atoms with Crippen molar-refractivity contribution in [2.75, 3.05) is 35.7 Å². The van der Waals surface area contributed by atoms with Gasteiger partial charge in [-0.15, -0.1) is 0 Å². The first-order valence-electron chi connectivity index (χ1n) is 13.6. The first-order chi connectivity index (χ1) is 20.0. The molecule has 1 aliphatic rings. The van der Waals surface area contributed by atoms with Crippen molar-refractivity contribution < 1.29 is 18.3 Å². The topological polar surface area (TPSA) is 137 Å². The molecule has 0 bridgehead atoms. The number of hydrogen-bond donors (Lipinski definition) is 5. The molecule has 1 saturated heterocycles. The summed E-state index contributed by atoms with van der Waals surface area (Å²) in [4.78, 5) is 16.6. The van der Waals surface area contributed by atoms with E-state index in [0.717, 1.165) is 23.5 Å². The van der Waals surface area contributed by atoms with Gasteiger partial charge < -0.3 is 31.1 Å². The number of fused-ring (bicyclic) bond motifs is 1. The van der Waals surface area contributed by atoms with Crippen molar-refractivity contribution in [1.82, 2.24) is 20.1 Å². The number of hydrazine groups is 1. The minimum Gasteiger partial charge on any atom is -0.433 e. The summed E-state index contributed by atoms with van der Waals surface area (Å²) in [6, 6.07) is 8.83. The zero-order valence-corrected chi connectivity index (χ0v) is 24.1. The normalized spacial score (nSPS) is 17.8. The number of rotatable bonds is 11. The fourth-order valence-electron chi connectivity index (χ4n) is 5.00. The Morgan fingerprint density at radius 1 is 1.21 bits per heavy atom. The number of nitrogens with one attached hydrogen (secondary N) is 4. The Hall–Kier alpha value is -4.49. The standard InChI is InChI=1S/C29H37F2N9O2/c1-6-28(41)36-22-12-23(26(42-29(30)31)13-25(22)39-15-17(3)38(5)18(4)16-39)35-27(37-33)11-21(32)19-8-9-24-20(10-19)14-34-40(24)7-2/h6,8-14,17-18,29,32,35,37H,1,7,15-16,33H2,2-5H3,(H,36,41)/b27-11-,32-21?/t17-,18+. The molecule has 0 saturated carbocycles. The predicted octanol–water partition coefficient (Wildman–Crippen LogP) is 4.10. The van der Waals surface area contributed by atoms with Gasteiger partial charge >= 0.3 is 6.61 Å². The lowest BCUT2D eigenvalue weighted by Gasteiger charge is -2.44. The number of nitrogens with zero attached hydrogens (tertiary/aromatic N) is 4. The van der Waals surface area contributed by atoms with Crippen LogP contribution in [0.5, 0.6) is 5.75 Å². The number of carbonyl (C=O) groups is 1. The molecule has 13 heteroatoms. The summed E-state index contributed by atoms with van der Waals surface area (Å²) in [6.07, 6.45) is 4.29. The highest BCUT2D eigenvalue weighted by Gasteiger charge is 2.29. The zero-order valence-electron chi connectivity index (χ0n) is 24.1. The van der Waals surface area contributed by atoms with Crippen LogP contribution < -0.4 is 31.5 Å². The smallest absolute Gasteiger partial charge is 0.387 e. The lowest BCUT2D eigenvalue weighted by molar-refractivity contribution is -0.111. The SMILES string of the molecule is C=CC(=O)Nc1cc(N/C(=C/C(=N)c2ccc3c(cnn3CC)c2)NN)c(OC(F)F)cc1N1C[C@@H](C)N(C)[C@@H](C)C1. The number of carbonyl (C=O) groups excluding carboxylic acids is 1. The Labute approximate surface area is 243 Å². The maximum atomic E-state index is 13.6. The zero-order chi connectivity index (χ0) is 30.6. The van der Waals surface area contributed by atoms with E-state index in [0.29, 0.717) is 30.0 Å². The summed E-state index contributed by atoms with van der Waals surface area (Å²) in [7, 11) is 2.03.